The van der Waals surface area contributed by atoms with Crippen LogP contribution in [0.2, 0.25) is 0 Å². The van der Waals surface area contributed by atoms with Crippen LogP contribution in [-0.2, 0) is 4.79 Å². The lowest BCUT2D eigenvalue weighted by Crippen LogP contribution is -2.38. The summed E-state index contributed by atoms with van der Waals surface area (Å²) in [6.45, 7) is 12.6. The lowest BCUT2D eigenvalue weighted by atomic mass is 9.70. The molecule has 0 bridgehead atoms. The number of carbonyl (C=O) groups is 1. The molecule has 16 heavy (non-hydrogen) atoms. The van der Waals surface area contributed by atoms with Crippen molar-refractivity contribution in [2.75, 3.05) is 0 Å². The third kappa shape index (κ3) is 4.73. The molecule has 0 aliphatic carbocycles. The van der Waals surface area contributed by atoms with Gasteiger partial charge in [-0.05, 0) is 17.3 Å². The number of rotatable bonds is 5. The van der Waals surface area contributed by atoms with Gasteiger partial charge in [0.15, 0.2) is 0 Å². The molecule has 1 atom stereocenters. The highest BCUT2D eigenvalue weighted by Crippen LogP contribution is 2.37. The van der Waals surface area contributed by atoms with Gasteiger partial charge in [0.2, 0.25) is 5.91 Å². The summed E-state index contributed by atoms with van der Waals surface area (Å²) in [5.41, 5.74) is 8.98. The van der Waals surface area contributed by atoms with Gasteiger partial charge >= 0.3 is 0 Å². The van der Waals surface area contributed by atoms with E-state index in [1.54, 1.807) is 0 Å². The van der Waals surface area contributed by atoms with Crippen LogP contribution in [0.5, 0.6) is 0 Å². The molecule has 0 aliphatic heterocycles. The Morgan fingerprint density at radius 2 is 1.81 bits per heavy atom. The zero-order chi connectivity index (χ0) is 13.0. The molecule has 1 amide bonds. The van der Waals surface area contributed by atoms with E-state index < -0.39 is 0 Å². The summed E-state index contributed by atoms with van der Waals surface area (Å²) in [6, 6.07) is 0. The van der Waals surface area contributed by atoms with Gasteiger partial charge < -0.3 is 0 Å². The second-order valence-corrected chi connectivity index (χ2v) is 6.23. The quantitative estimate of drug-likeness (QED) is 0.547. The molecule has 0 radical (unpaired) electrons. The minimum atomic E-state index is -0.149. The molecule has 0 saturated heterocycles. The van der Waals surface area contributed by atoms with Crippen molar-refractivity contribution >= 4 is 5.91 Å². The summed E-state index contributed by atoms with van der Waals surface area (Å²) in [5.74, 6) is -0.263. The smallest absolute Gasteiger partial charge is 0.245 e. The summed E-state index contributed by atoms with van der Waals surface area (Å²) < 4.78 is 0. The Labute approximate surface area is 98.7 Å². The average Bonchev–Trinajstić information content (AvgIpc) is 2.13. The maximum Gasteiger partial charge on any atom is 0.245 e. The number of carbonyl (C=O) groups excluding carboxylic acids is 1. The number of hydrogen-bond acceptors (Lipinski definition) is 3. The maximum atomic E-state index is 11.9. The van der Waals surface area contributed by atoms with Crippen LogP contribution in [0.3, 0.4) is 0 Å². The number of hydrogen-bond donors (Lipinski definition) is 2. The van der Waals surface area contributed by atoms with Crippen LogP contribution >= 0.6 is 0 Å². The fourth-order valence-corrected chi connectivity index (χ4v) is 1.62. The molecule has 0 aliphatic rings. The minimum absolute atomic E-state index is 0.110. The van der Waals surface area contributed by atoms with Crippen molar-refractivity contribution in [2.24, 2.45) is 22.0 Å². The maximum absolute atomic E-state index is 11.9. The molecule has 0 aromatic rings. The van der Waals surface area contributed by atoms with Gasteiger partial charge in [-0.15, -0.1) is 0 Å². The Morgan fingerprint density at radius 1 is 1.31 bits per heavy atom. The summed E-state index contributed by atoms with van der Waals surface area (Å²) in [6.07, 6.45) is 1.85. The summed E-state index contributed by atoms with van der Waals surface area (Å²) >= 11 is 0. The normalized spacial score (nSPS) is 14.4. The highest BCUT2D eigenvalue weighted by Gasteiger charge is 2.35. The molecular formula is C12H25N3O. The van der Waals surface area contributed by atoms with E-state index in [9.17, 15) is 4.79 Å². The third-order valence-corrected chi connectivity index (χ3v) is 3.24. The summed E-state index contributed by atoms with van der Waals surface area (Å²) in [7, 11) is 0. The minimum Gasteiger partial charge on any atom is -0.273 e. The molecule has 4 heteroatoms. The Hall–Kier alpha value is -0.930. The molecule has 0 heterocycles. The van der Waals surface area contributed by atoms with Gasteiger partial charge in [-0.25, -0.2) is 5.43 Å². The molecule has 1 unspecified atom stereocenters. The van der Waals surface area contributed by atoms with Gasteiger partial charge in [-0.3, -0.25) is 4.79 Å². The van der Waals surface area contributed by atoms with Crippen molar-refractivity contribution in [1.82, 2.24) is 5.43 Å². The van der Waals surface area contributed by atoms with Crippen LogP contribution in [0, 0.1) is 22.3 Å². The number of amides is 1. The van der Waals surface area contributed by atoms with E-state index in [0.29, 0.717) is 0 Å². The second kappa shape index (κ2) is 5.41. The van der Waals surface area contributed by atoms with Crippen LogP contribution in [0.1, 0.15) is 54.4 Å². The molecule has 0 aromatic heterocycles. The first kappa shape index (κ1) is 15.1. The molecule has 0 fully saturated rings. The first-order valence-electron chi connectivity index (χ1n) is 5.80. The van der Waals surface area contributed by atoms with Gasteiger partial charge in [0.1, 0.15) is 0 Å². The molecule has 0 rings (SSSR count). The molecule has 0 spiro atoms. The molecule has 94 valence electrons. The first-order valence-corrected chi connectivity index (χ1v) is 5.80. The topological polar surface area (TPSA) is 65.3 Å². The Kier molecular flexibility index (Phi) is 5.10. The fourth-order valence-electron chi connectivity index (χ4n) is 1.62. The van der Waals surface area contributed by atoms with Crippen molar-refractivity contribution in [3.05, 3.63) is 0 Å². The van der Waals surface area contributed by atoms with Gasteiger partial charge in [0.05, 0.1) is 0 Å². The highest BCUT2D eigenvalue weighted by atomic mass is 16.2. The van der Waals surface area contributed by atoms with Crippen LogP contribution < -0.4 is 5.43 Å². The second-order valence-electron chi connectivity index (χ2n) is 6.23. The van der Waals surface area contributed by atoms with E-state index in [1.165, 1.54) is 0 Å². The van der Waals surface area contributed by atoms with Crippen molar-refractivity contribution in [2.45, 2.75) is 54.4 Å². The van der Waals surface area contributed by atoms with Crippen LogP contribution in [0.4, 0.5) is 0 Å². The molecular weight excluding hydrogens is 202 g/mol. The van der Waals surface area contributed by atoms with E-state index in [-0.39, 0.29) is 22.7 Å². The van der Waals surface area contributed by atoms with E-state index in [0.717, 1.165) is 12.8 Å². The van der Waals surface area contributed by atoms with Crippen molar-refractivity contribution in [3.8, 4) is 0 Å². The monoisotopic (exact) mass is 227 g/mol. The zero-order valence-electron chi connectivity index (χ0n) is 11.3. The number of nitrogens with one attached hydrogen (secondary N) is 2. The van der Waals surface area contributed by atoms with Crippen LogP contribution in [-0.4, -0.2) is 5.91 Å². The van der Waals surface area contributed by atoms with Crippen molar-refractivity contribution in [1.29, 1.82) is 5.53 Å². The van der Waals surface area contributed by atoms with Crippen molar-refractivity contribution in [3.63, 3.8) is 0 Å². The number of nitrogens with zero attached hydrogens (tertiary/aromatic N) is 1. The third-order valence-electron chi connectivity index (χ3n) is 3.24. The lowest BCUT2D eigenvalue weighted by Gasteiger charge is -2.35. The van der Waals surface area contributed by atoms with Crippen molar-refractivity contribution < 1.29 is 4.79 Å². The molecule has 0 saturated carbocycles. The SMILES string of the molecule is CCC(C)(C)CC(C(=O)NN=N)C(C)(C)C. The van der Waals surface area contributed by atoms with E-state index in [2.05, 4.69) is 31.4 Å². The highest BCUT2D eigenvalue weighted by molar-refractivity contribution is 5.78. The first-order chi connectivity index (χ1) is 7.14. The van der Waals surface area contributed by atoms with E-state index in [4.69, 9.17) is 5.53 Å². The van der Waals surface area contributed by atoms with Gasteiger partial charge in [0, 0.05) is 5.92 Å². The largest absolute Gasteiger partial charge is 0.273 e. The van der Waals surface area contributed by atoms with Gasteiger partial charge in [-0.2, -0.15) is 5.53 Å². The average molecular weight is 227 g/mol. The summed E-state index contributed by atoms with van der Waals surface area (Å²) in [4.78, 5) is 11.9. The Morgan fingerprint density at radius 3 is 2.12 bits per heavy atom. The van der Waals surface area contributed by atoms with Gasteiger partial charge in [0.25, 0.3) is 0 Å². The molecule has 0 aromatic carbocycles. The standard InChI is InChI=1S/C12H25N3O/c1-7-12(5,6)8-9(11(2,3)4)10(16)14-15-13/h9H,7-8H2,1-6H3,(H2,13,14,16). The molecule has 4 nitrogen and oxygen atoms in total. The lowest BCUT2D eigenvalue weighted by molar-refractivity contribution is -0.129. The fraction of sp³-hybridized carbons (Fsp3) is 0.917. The zero-order valence-corrected chi connectivity index (χ0v) is 11.3. The predicted octanol–water partition coefficient (Wildman–Crippen LogP) is 3.54. The van der Waals surface area contributed by atoms with E-state index >= 15 is 0 Å². The molecule has 2 N–H and O–H groups in total. The summed E-state index contributed by atoms with van der Waals surface area (Å²) in [5, 5.41) is 2.98. The van der Waals surface area contributed by atoms with Crippen LogP contribution in [0.15, 0.2) is 5.22 Å². The van der Waals surface area contributed by atoms with Gasteiger partial charge in [-0.1, -0.05) is 53.2 Å². The Balaban J connectivity index is 4.83. The van der Waals surface area contributed by atoms with Crippen LogP contribution in [0.25, 0.3) is 0 Å². The van der Waals surface area contributed by atoms with E-state index in [1.807, 2.05) is 20.8 Å². The predicted molar refractivity (Wildman–Crippen MR) is 64.9 cm³/mol. The Bertz CT molecular complexity index is 253.